The highest BCUT2D eigenvalue weighted by Gasteiger charge is 2.31. The van der Waals surface area contributed by atoms with E-state index < -0.39 is 0 Å². The lowest BCUT2D eigenvalue weighted by Gasteiger charge is -2.27. The summed E-state index contributed by atoms with van der Waals surface area (Å²) < 4.78 is 2.19. The number of rotatable bonds is 2. The lowest BCUT2D eigenvalue weighted by atomic mass is 10.2. The van der Waals surface area contributed by atoms with Crippen molar-refractivity contribution < 1.29 is 0 Å². The number of hydrogen-bond acceptors (Lipinski definition) is 2. The van der Waals surface area contributed by atoms with Crippen LogP contribution in [0, 0.1) is 0 Å². The predicted octanol–water partition coefficient (Wildman–Crippen LogP) is 3.38. The normalized spacial score (nSPS) is 20.1. The number of nitrogens with zero attached hydrogens (tertiary/aromatic N) is 2. The summed E-state index contributed by atoms with van der Waals surface area (Å²) in [4.78, 5) is 2.42. The topological polar surface area (TPSA) is 6.48 Å². The largest absolute Gasteiger partial charge is 0.349 e. The second-order valence-electron chi connectivity index (χ2n) is 3.47. The van der Waals surface area contributed by atoms with E-state index in [1.54, 1.807) is 0 Å². The molecule has 3 heteroatoms. The third-order valence-corrected chi connectivity index (χ3v) is 3.60. The Bertz CT molecular complexity index is 327. The van der Waals surface area contributed by atoms with Crippen LogP contribution < -0.4 is 8.83 Å². The van der Waals surface area contributed by atoms with Crippen molar-refractivity contribution in [2.75, 3.05) is 15.4 Å². The van der Waals surface area contributed by atoms with Crippen molar-refractivity contribution in [3.05, 3.63) is 24.3 Å². The lowest BCUT2D eigenvalue weighted by Crippen LogP contribution is -2.37. The number of anilines is 2. The van der Waals surface area contributed by atoms with E-state index in [0.29, 0.717) is 6.17 Å². The van der Waals surface area contributed by atoms with Gasteiger partial charge in [0.05, 0.1) is 27.5 Å². The fourth-order valence-electron chi connectivity index (χ4n) is 2.09. The summed E-state index contributed by atoms with van der Waals surface area (Å²) in [5, 5.41) is 0. The number of benzene rings is 1. The minimum absolute atomic E-state index is 0.456. The first kappa shape index (κ1) is 9.84. The Morgan fingerprint density at radius 1 is 1.21 bits per heavy atom. The first-order valence-corrected chi connectivity index (χ1v) is 5.81. The average Bonchev–Trinajstić information content (AvgIpc) is 2.51. The van der Waals surface area contributed by atoms with Crippen LogP contribution in [0.25, 0.3) is 0 Å². The van der Waals surface area contributed by atoms with Crippen molar-refractivity contribution in [3.63, 3.8) is 0 Å². The molecule has 14 heavy (non-hydrogen) atoms. The van der Waals surface area contributed by atoms with Crippen molar-refractivity contribution >= 4 is 27.5 Å². The van der Waals surface area contributed by atoms with Crippen LogP contribution in [0.15, 0.2) is 24.3 Å². The SMILES string of the molecule is CCC1N(Br)c2ccccc2N1CC. The average molecular weight is 255 g/mol. The molecule has 0 aliphatic carbocycles. The molecule has 76 valence electrons. The molecule has 0 bridgehead atoms. The molecule has 0 N–H and O–H groups in total. The summed E-state index contributed by atoms with van der Waals surface area (Å²) in [7, 11) is 0. The predicted molar refractivity (Wildman–Crippen MR) is 64.9 cm³/mol. The Kier molecular flexibility index (Phi) is 2.68. The Labute approximate surface area is 93.8 Å². The van der Waals surface area contributed by atoms with Gasteiger partial charge in [0.25, 0.3) is 0 Å². The van der Waals surface area contributed by atoms with Gasteiger partial charge in [-0.2, -0.15) is 0 Å². The van der Waals surface area contributed by atoms with Gasteiger partial charge in [0.2, 0.25) is 0 Å². The molecule has 1 atom stereocenters. The van der Waals surface area contributed by atoms with Crippen molar-refractivity contribution in [2.24, 2.45) is 0 Å². The molecule has 2 nitrogen and oxygen atoms in total. The van der Waals surface area contributed by atoms with Crippen LogP contribution >= 0.6 is 16.1 Å². The Morgan fingerprint density at radius 3 is 2.43 bits per heavy atom. The van der Waals surface area contributed by atoms with Gasteiger partial charge in [-0.15, -0.1) is 0 Å². The number of para-hydroxylation sites is 2. The summed E-state index contributed by atoms with van der Waals surface area (Å²) in [5.41, 5.74) is 2.61. The quantitative estimate of drug-likeness (QED) is 0.747. The molecule has 1 aromatic rings. The highest BCUT2D eigenvalue weighted by molar-refractivity contribution is 9.10. The molecule has 1 unspecified atom stereocenters. The third kappa shape index (κ3) is 1.31. The zero-order valence-corrected chi connectivity index (χ0v) is 10.2. The van der Waals surface area contributed by atoms with E-state index in [1.807, 2.05) is 0 Å². The maximum Gasteiger partial charge on any atom is 0.112 e. The highest BCUT2D eigenvalue weighted by Crippen LogP contribution is 2.41. The molecular weight excluding hydrogens is 240 g/mol. The van der Waals surface area contributed by atoms with Gasteiger partial charge in [-0.1, -0.05) is 19.1 Å². The number of hydrogen-bond donors (Lipinski definition) is 0. The van der Waals surface area contributed by atoms with E-state index in [2.05, 4.69) is 63.1 Å². The molecule has 0 fully saturated rings. The van der Waals surface area contributed by atoms with Crippen molar-refractivity contribution in [1.82, 2.24) is 0 Å². The summed E-state index contributed by atoms with van der Waals surface area (Å²) in [6.45, 7) is 5.47. The molecule has 1 aliphatic heterocycles. The van der Waals surface area contributed by atoms with Gasteiger partial charge in [0, 0.05) is 6.54 Å². The summed E-state index contributed by atoms with van der Waals surface area (Å²) >= 11 is 3.64. The fraction of sp³-hybridized carbons (Fsp3) is 0.455. The third-order valence-electron chi connectivity index (χ3n) is 2.75. The molecule has 0 radical (unpaired) electrons. The molecule has 0 spiro atoms. The molecule has 1 aromatic carbocycles. The van der Waals surface area contributed by atoms with Crippen LogP contribution in [-0.2, 0) is 0 Å². The molecule has 1 heterocycles. The number of fused-ring (bicyclic) bond motifs is 1. The maximum absolute atomic E-state index is 3.64. The van der Waals surface area contributed by atoms with Crippen LogP contribution in [0.4, 0.5) is 11.4 Å². The van der Waals surface area contributed by atoms with Crippen LogP contribution in [0.2, 0.25) is 0 Å². The molecule has 0 saturated carbocycles. The maximum atomic E-state index is 3.64. The Hall–Kier alpha value is -0.700. The van der Waals surface area contributed by atoms with E-state index in [4.69, 9.17) is 0 Å². The van der Waals surface area contributed by atoms with Crippen molar-refractivity contribution in [2.45, 2.75) is 26.4 Å². The summed E-state index contributed by atoms with van der Waals surface area (Å²) in [6.07, 6.45) is 1.57. The van der Waals surface area contributed by atoms with E-state index in [0.717, 1.165) is 13.0 Å². The van der Waals surface area contributed by atoms with Crippen molar-refractivity contribution in [3.8, 4) is 0 Å². The zero-order valence-electron chi connectivity index (χ0n) is 8.57. The van der Waals surface area contributed by atoms with E-state index in [-0.39, 0.29) is 0 Å². The fourth-order valence-corrected chi connectivity index (χ4v) is 2.90. The van der Waals surface area contributed by atoms with Gasteiger partial charge in [-0.05, 0) is 25.5 Å². The van der Waals surface area contributed by atoms with E-state index in [9.17, 15) is 0 Å². The second kappa shape index (κ2) is 3.81. The number of halogens is 1. The molecule has 1 aliphatic rings. The molecule has 0 aromatic heterocycles. The van der Waals surface area contributed by atoms with Crippen LogP contribution in [0.1, 0.15) is 20.3 Å². The summed E-state index contributed by atoms with van der Waals surface area (Å²) in [6, 6.07) is 8.52. The zero-order chi connectivity index (χ0) is 10.1. The minimum Gasteiger partial charge on any atom is -0.349 e. The minimum atomic E-state index is 0.456. The Balaban J connectivity index is 2.43. The van der Waals surface area contributed by atoms with Gasteiger partial charge in [-0.3, -0.25) is 3.93 Å². The van der Waals surface area contributed by atoms with Gasteiger partial charge in [0.15, 0.2) is 0 Å². The van der Waals surface area contributed by atoms with Crippen molar-refractivity contribution in [1.29, 1.82) is 0 Å². The molecule has 2 rings (SSSR count). The van der Waals surface area contributed by atoms with Crippen LogP contribution in [0.3, 0.4) is 0 Å². The lowest BCUT2D eigenvalue weighted by molar-refractivity contribution is 0.643. The Morgan fingerprint density at radius 2 is 1.86 bits per heavy atom. The molecular formula is C11H15BrN2. The van der Waals surface area contributed by atoms with Gasteiger partial charge in [0.1, 0.15) is 6.17 Å². The van der Waals surface area contributed by atoms with Crippen LogP contribution in [-0.4, -0.2) is 12.7 Å². The summed E-state index contributed by atoms with van der Waals surface area (Å²) in [5.74, 6) is 0. The first-order chi connectivity index (χ1) is 6.79. The van der Waals surface area contributed by atoms with Crippen LogP contribution in [0.5, 0.6) is 0 Å². The monoisotopic (exact) mass is 254 g/mol. The van der Waals surface area contributed by atoms with E-state index in [1.165, 1.54) is 11.4 Å². The van der Waals surface area contributed by atoms with Gasteiger partial charge < -0.3 is 4.90 Å². The van der Waals surface area contributed by atoms with Gasteiger partial charge in [-0.25, -0.2) is 0 Å². The molecule has 0 amide bonds. The van der Waals surface area contributed by atoms with Gasteiger partial charge >= 0.3 is 0 Å². The smallest absolute Gasteiger partial charge is 0.112 e. The molecule has 0 saturated heterocycles. The standard InChI is InChI=1S/C11H15BrN2/c1-3-11-13(4-2)9-7-5-6-8-10(9)14(11)12/h5-8,11H,3-4H2,1-2H3. The van der Waals surface area contributed by atoms with E-state index >= 15 is 0 Å². The first-order valence-electron chi connectivity index (χ1n) is 5.10. The second-order valence-corrected chi connectivity index (χ2v) is 4.24. The highest BCUT2D eigenvalue weighted by atomic mass is 79.9.